The average Bonchev–Trinajstić information content (AvgIpc) is 1.68. The minimum Gasteiger partial charge on any atom is -0.508 e. The molecule has 4 saturated carbocycles. The lowest BCUT2D eigenvalue weighted by Crippen LogP contribution is -2.66. The molecule has 6 fully saturated rings. The summed E-state index contributed by atoms with van der Waals surface area (Å²) in [6.45, 7) is 5.11. The molecule has 0 aromatic heterocycles. The fourth-order valence-corrected chi connectivity index (χ4v) is 23.2. The van der Waals surface area contributed by atoms with Gasteiger partial charge in [0.1, 0.15) is 121 Å². The van der Waals surface area contributed by atoms with E-state index >= 15 is 33.6 Å². The summed E-state index contributed by atoms with van der Waals surface area (Å²) in [5, 5.41) is 130. The Morgan fingerprint density at radius 2 is 1.11 bits per heavy atom. The van der Waals surface area contributed by atoms with Gasteiger partial charge in [0.05, 0.1) is 34.7 Å². The van der Waals surface area contributed by atoms with Crippen LogP contribution in [0.25, 0.3) is 33.4 Å². The Hall–Kier alpha value is -13.7. The summed E-state index contributed by atoms with van der Waals surface area (Å²) in [4.78, 5) is 155. The lowest BCUT2D eigenvalue weighted by molar-refractivity contribution is -0.334. The SMILES string of the molecule is CC(C)C[C@H](C(=O)N[C@H]1C(=O)N[C@@H](CC(N)=O)C(=O)N[C@H]2C(=O)N[C@H]3C(=O)N[C@H](C(=O)N[C@H](C(=O)NC4C5CC6CC(C5)CC4C6)c4cc(O)cc(O)c4-c4cc3ccc4O)[C@H](O)c3ccc(c(Cl)c3)Oc3cc2cc(c3O[C@@H]2O[C@H](CO)[C@@H](O)[C@H](O)[C@H]2O[C@H]2C[C@](C)(NC(=O)OCC3c4ccccc4-c4ccccc43)[C@H](O)[C@H](C)O2)Oc2ccc(cc2Cl)[C@H]1O)N(C)C(=O)OCC1c2ccccc2-c2ccccc21. The number of aliphatic hydroxyl groups excluding tert-OH is 6. The van der Waals surface area contributed by atoms with Crippen LogP contribution in [0.5, 0.6) is 46.0 Å². The van der Waals surface area contributed by atoms with Gasteiger partial charge in [-0.1, -0.05) is 152 Å². The van der Waals surface area contributed by atoms with Gasteiger partial charge in [-0.25, -0.2) is 9.59 Å². The van der Waals surface area contributed by atoms with Crippen LogP contribution in [0.4, 0.5) is 9.59 Å². The largest absolute Gasteiger partial charge is 0.508 e. The van der Waals surface area contributed by atoms with Crippen molar-refractivity contribution in [2.75, 3.05) is 26.9 Å². The summed E-state index contributed by atoms with van der Waals surface area (Å²) in [5.41, 5.74) is 9.25. The van der Waals surface area contributed by atoms with Crippen LogP contribution in [-0.2, 0) is 62.0 Å². The van der Waals surface area contributed by atoms with E-state index in [0.29, 0.717) is 11.8 Å². The molecular weight excluding hydrogens is 1920 g/mol. The maximum Gasteiger partial charge on any atom is 0.410 e. The van der Waals surface area contributed by atoms with Crippen molar-refractivity contribution in [1.82, 2.24) is 47.4 Å². The van der Waals surface area contributed by atoms with Crippen LogP contribution in [0, 0.1) is 29.6 Å². The molecule has 37 nitrogen and oxygen atoms in total. The zero-order valence-corrected chi connectivity index (χ0v) is 80.6. The highest BCUT2D eigenvalue weighted by Crippen LogP contribution is 2.56. The lowest BCUT2D eigenvalue weighted by Gasteiger charge is -2.54. The molecule has 0 unspecified atom stereocenters. The molecular formula is C106H110Cl2N10O27. The van der Waals surface area contributed by atoms with Gasteiger partial charge < -0.3 is 132 Å². The van der Waals surface area contributed by atoms with Crippen molar-refractivity contribution < 1.29 is 132 Å². The number of hydrogen-bond acceptors (Lipinski definition) is 27. The molecule has 15 bridgehead atoms. The Kier molecular flexibility index (Phi) is 28.1. The fraction of sp³-hybridized carbons (Fsp3) is 0.396. The van der Waals surface area contributed by atoms with Crippen molar-refractivity contribution in [2.24, 2.45) is 35.3 Å². The molecule has 2 saturated heterocycles. The van der Waals surface area contributed by atoms with Gasteiger partial charge >= 0.3 is 12.2 Å². The topological polar surface area (TPSA) is 552 Å². The molecule has 39 heteroatoms. The van der Waals surface area contributed by atoms with E-state index in [4.69, 9.17) is 66.8 Å². The molecule has 6 aliphatic carbocycles. The van der Waals surface area contributed by atoms with E-state index in [0.717, 1.165) is 136 Å². The Bertz CT molecular complexity index is 6510. The van der Waals surface area contributed by atoms with Crippen LogP contribution in [0.15, 0.2) is 176 Å². The van der Waals surface area contributed by atoms with Crippen molar-refractivity contribution >= 4 is 82.6 Å². The summed E-state index contributed by atoms with van der Waals surface area (Å²) in [6, 6.07) is 29.6. The first-order valence-corrected chi connectivity index (χ1v) is 49.0. The zero-order valence-electron chi connectivity index (χ0n) is 79.1. The molecule has 10 amide bonds. The maximum atomic E-state index is 16.7. The van der Waals surface area contributed by atoms with Gasteiger partial charge in [0.15, 0.2) is 23.9 Å². The number of fused-ring (bicyclic) bond motifs is 21. The quantitative estimate of drug-likeness (QED) is 0.0358. The molecule has 9 aromatic rings. The van der Waals surface area contributed by atoms with Crippen LogP contribution in [0.3, 0.4) is 0 Å². The fourth-order valence-electron chi connectivity index (χ4n) is 22.8. The number of nitrogens with zero attached hydrogens (tertiary/aromatic N) is 1. The van der Waals surface area contributed by atoms with E-state index in [9.17, 15) is 60.3 Å². The number of rotatable bonds is 19. The number of hydrogen-bond donors (Lipinski definition) is 18. The first kappa shape index (κ1) is 100. The summed E-state index contributed by atoms with van der Waals surface area (Å²) < 4.78 is 52.0. The number of halogens is 2. The summed E-state index contributed by atoms with van der Waals surface area (Å²) in [5.74, 6) is -15.4. The first-order chi connectivity index (χ1) is 69.4. The number of phenols is 3. The number of phenolic OH excluding ortho intramolecular Hbond substituents is 3. The molecule has 0 radical (unpaired) electrons. The number of alkyl carbamates (subject to hydrolysis) is 1. The Morgan fingerprint density at radius 3 is 1.68 bits per heavy atom. The predicted molar refractivity (Wildman–Crippen MR) is 518 cm³/mol. The molecule has 13 aliphatic rings. The number of nitrogens with two attached hydrogens (primary N) is 1. The van der Waals surface area contributed by atoms with Gasteiger partial charge in [-0.15, -0.1) is 0 Å². The van der Waals surface area contributed by atoms with Crippen molar-refractivity contribution in [1.29, 1.82) is 0 Å². The average molecular weight is 2030 g/mol. The minimum atomic E-state index is -2.44. The highest BCUT2D eigenvalue weighted by atomic mass is 35.5. The molecule has 22 rings (SSSR count). The number of primary amides is 1. The van der Waals surface area contributed by atoms with Crippen LogP contribution >= 0.6 is 23.2 Å². The first-order valence-electron chi connectivity index (χ1n) is 48.2. The molecule has 7 heterocycles. The highest BCUT2D eigenvalue weighted by molar-refractivity contribution is 6.32. The van der Waals surface area contributed by atoms with Crippen LogP contribution in [0.1, 0.15) is 171 Å². The van der Waals surface area contributed by atoms with E-state index in [1.54, 1.807) is 13.8 Å². The number of aromatic hydroxyl groups is 3. The predicted octanol–water partition coefficient (Wildman–Crippen LogP) is 9.20. The van der Waals surface area contributed by atoms with Gasteiger partial charge in [-0.05, 0) is 209 Å². The molecule has 760 valence electrons. The Labute approximate surface area is 841 Å². The normalized spacial score (nSPS) is 28.3. The third-order valence-corrected chi connectivity index (χ3v) is 30.3. The zero-order chi connectivity index (χ0) is 102. The monoisotopic (exact) mass is 2020 g/mol. The third kappa shape index (κ3) is 19.8. The smallest absolute Gasteiger partial charge is 0.410 e. The molecule has 18 atom stereocenters. The second-order valence-electron chi connectivity index (χ2n) is 39.8. The second kappa shape index (κ2) is 40.7. The van der Waals surface area contributed by atoms with Gasteiger partial charge in [-0.3, -0.25) is 43.3 Å². The summed E-state index contributed by atoms with van der Waals surface area (Å²) in [7, 11) is 1.30. The van der Waals surface area contributed by atoms with Gasteiger partial charge in [0.2, 0.25) is 59.3 Å². The minimum absolute atomic E-state index is 0.0391. The number of aliphatic hydroxyl groups is 6. The van der Waals surface area contributed by atoms with E-state index in [2.05, 4.69) is 42.5 Å². The van der Waals surface area contributed by atoms with E-state index in [-0.39, 0.29) is 76.7 Å². The van der Waals surface area contributed by atoms with Crippen molar-refractivity contribution in [3.63, 3.8) is 0 Å². The molecule has 9 aromatic carbocycles. The number of nitrogens with one attached hydrogen (secondary N) is 8. The summed E-state index contributed by atoms with van der Waals surface area (Å²) >= 11 is 14.7. The number of amides is 10. The lowest BCUT2D eigenvalue weighted by atomic mass is 9.54. The number of benzene rings is 9. The Morgan fingerprint density at radius 1 is 0.566 bits per heavy atom. The number of carbonyl (C=O) groups excluding carboxylic acids is 10. The number of ether oxygens (including phenoxy) is 8. The van der Waals surface area contributed by atoms with Gasteiger partial charge in [0, 0.05) is 48.5 Å². The van der Waals surface area contributed by atoms with Gasteiger partial charge in [0.25, 0.3) is 0 Å². The van der Waals surface area contributed by atoms with Crippen LogP contribution in [-0.4, -0.2) is 222 Å². The molecule has 7 aliphatic heterocycles. The van der Waals surface area contributed by atoms with E-state index < -0.39 is 262 Å². The number of carbonyl (C=O) groups is 10. The van der Waals surface area contributed by atoms with Gasteiger partial charge in [-0.2, -0.15) is 0 Å². The highest BCUT2D eigenvalue weighted by Gasteiger charge is 2.55. The second-order valence-corrected chi connectivity index (χ2v) is 40.6. The molecule has 145 heavy (non-hydrogen) atoms. The van der Waals surface area contributed by atoms with Crippen LogP contribution in [0.2, 0.25) is 10.0 Å². The van der Waals surface area contributed by atoms with Crippen molar-refractivity contribution in [3.05, 3.63) is 236 Å². The molecule has 19 N–H and O–H groups in total. The Balaban J connectivity index is 0.725. The standard InChI is InChI=1S/C106H110Cl2N10O27/c1-46(2)28-72(118(5)105(137)139-45-68-63-20-12-8-16-59(63)60-17-9-13-21-64(60)68)97(130)115-87-89(124)51-23-26-75(69(107)35-51)141-77-37-55-38-78(93(77)145-103-94(92(127)91(126)79(43-119)143-103)144-81-42-106(4,95(128)47(3)140-81)117-104(136)138-44-67-61-18-10-6-14-57(61)58-15-7-11-19-62(58)67)142-76-27-24-52(36-70(76)108)90(125)88-102(135)114-86(100(133)111-83-53-30-48-29-49(32-53)33-54(83)31-48)66-39-56(120)40-74(122)82(66)65-34-50(22-25-73(65)121)84(98(131)116-88)113-99(132)85(55)112-96(129)71(41-80(109)123)110-101(87)134/h6-27,34-40,46-49,53-54,67-68,71-72,79,81,83-92,94-95,103,119-122,124-128H,28-33,41-45H2,1-5H3,(H2,109,123)(H,110,134)(H,111,133)(H,112,129)(H,113,132)(H,114,135)(H,115,130)(H,116,131)(H,117,136)/t47-,48?,49?,53?,54?,71-,72+,79+,81-,83?,84+,85+,86-,87+,88-,89+,90+,91+,92-,94+,95+,103-,106-/m0/s1. The van der Waals surface area contributed by atoms with E-state index in [1.165, 1.54) is 45.2 Å². The number of likely N-dealkylation sites (N-methyl/N-ethyl adjacent to an activating group) is 1. The summed E-state index contributed by atoms with van der Waals surface area (Å²) in [6.07, 6.45) is -18.3. The maximum absolute atomic E-state index is 16.7. The third-order valence-electron chi connectivity index (χ3n) is 29.7. The van der Waals surface area contributed by atoms with Crippen LogP contribution < -0.4 is 62.5 Å². The van der Waals surface area contributed by atoms with E-state index in [1.807, 2.05) is 97.1 Å². The van der Waals surface area contributed by atoms with Crippen molar-refractivity contribution in [2.45, 2.75) is 206 Å². The van der Waals surface area contributed by atoms with Crippen molar-refractivity contribution in [3.8, 4) is 79.4 Å². The molecule has 0 spiro atoms.